The molecule has 1 heterocycles. The topological polar surface area (TPSA) is 56.2 Å². The average Bonchev–Trinajstić information content (AvgIpc) is 3.19. The van der Waals surface area contributed by atoms with Crippen LogP contribution < -0.4 is 5.73 Å². The van der Waals surface area contributed by atoms with E-state index in [2.05, 4.69) is 56.8 Å². The maximum absolute atomic E-state index is 6.20. The van der Waals surface area contributed by atoms with E-state index >= 15 is 0 Å². The van der Waals surface area contributed by atoms with Gasteiger partial charge in [-0.1, -0.05) is 71.0 Å². The number of hydrogen-bond acceptors (Lipinski definition) is 3. The number of nitrogens with zero attached hydrogens (tertiary/aromatic N) is 3. The molecule has 0 saturated heterocycles. The van der Waals surface area contributed by atoms with Crippen molar-refractivity contribution in [2.75, 3.05) is 5.73 Å². The summed E-state index contributed by atoms with van der Waals surface area (Å²) < 4.78 is 1.67. The fourth-order valence-corrected chi connectivity index (χ4v) is 4.05. The first-order chi connectivity index (χ1) is 13.6. The molecule has 2 aromatic carbocycles. The highest BCUT2D eigenvalue weighted by molar-refractivity contribution is 5.79. The first-order valence-electron chi connectivity index (χ1n) is 10.3. The molecule has 4 rings (SSSR count). The van der Waals surface area contributed by atoms with Crippen LogP contribution in [0.5, 0.6) is 0 Å². The van der Waals surface area contributed by atoms with Crippen molar-refractivity contribution in [2.24, 2.45) is 5.10 Å². The number of nitrogen functional groups attached to an aromatic ring is 1. The SMILES string of the molecule is CC(C)(C)c1cc(-c2cn(N=Cc3ccccc3)c(N)n2)c2c(c1)C(C)(C)CC2. The van der Waals surface area contributed by atoms with Gasteiger partial charge in [0.2, 0.25) is 5.95 Å². The van der Waals surface area contributed by atoms with E-state index in [1.54, 1.807) is 10.9 Å². The number of hydrogen-bond donors (Lipinski definition) is 1. The molecule has 29 heavy (non-hydrogen) atoms. The number of benzene rings is 2. The first-order valence-corrected chi connectivity index (χ1v) is 10.3. The molecule has 0 aliphatic heterocycles. The number of aromatic nitrogens is 2. The second kappa shape index (κ2) is 6.87. The lowest BCUT2D eigenvalue weighted by atomic mass is 9.79. The molecule has 1 aliphatic carbocycles. The summed E-state index contributed by atoms with van der Waals surface area (Å²) in [6.45, 7) is 11.5. The highest BCUT2D eigenvalue weighted by Crippen LogP contribution is 2.45. The molecule has 0 radical (unpaired) electrons. The summed E-state index contributed by atoms with van der Waals surface area (Å²) in [5.74, 6) is 0.402. The molecule has 0 unspecified atom stereocenters. The van der Waals surface area contributed by atoms with Crippen molar-refractivity contribution in [3.05, 3.63) is 70.9 Å². The Hall–Kier alpha value is -2.88. The van der Waals surface area contributed by atoms with E-state index in [0.717, 1.165) is 24.1 Å². The quantitative estimate of drug-likeness (QED) is 0.601. The van der Waals surface area contributed by atoms with Gasteiger partial charge in [-0.25, -0.2) is 9.66 Å². The fourth-order valence-electron chi connectivity index (χ4n) is 4.05. The highest BCUT2D eigenvalue weighted by atomic mass is 15.4. The number of anilines is 1. The molecule has 0 fully saturated rings. The fraction of sp³-hybridized carbons (Fsp3) is 0.360. The predicted octanol–water partition coefficient (Wildman–Crippen LogP) is 5.54. The third-order valence-corrected chi connectivity index (χ3v) is 5.97. The molecular formula is C25H30N4. The molecule has 0 amide bonds. The maximum Gasteiger partial charge on any atom is 0.221 e. The van der Waals surface area contributed by atoms with Gasteiger partial charge in [-0.05, 0) is 52.0 Å². The van der Waals surface area contributed by atoms with Gasteiger partial charge in [-0.3, -0.25) is 0 Å². The lowest BCUT2D eigenvalue weighted by Gasteiger charge is -2.25. The van der Waals surface area contributed by atoms with Gasteiger partial charge >= 0.3 is 0 Å². The molecule has 0 atom stereocenters. The predicted molar refractivity (Wildman–Crippen MR) is 122 cm³/mol. The Morgan fingerprint density at radius 1 is 1.14 bits per heavy atom. The van der Waals surface area contributed by atoms with Gasteiger partial charge in [-0.15, -0.1) is 0 Å². The Labute approximate surface area is 173 Å². The van der Waals surface area contributed by atoms with Crippen LogP contribution in [0, 0.1) is 0 Å². The molecule has 0 saturated carbocycles. The van der Waals surface area contributed by atoms with Crippen molar-refractivity contribution < 1.29 is 0 Å². The second-order valence-corrected chi connectivity index (χ2v) is 9.67. The Morgan fingerprint density at radius 2 is 1.86 bits per heavy atom. The van der Waals surface area contributed by atoms with Crippen molar-refractivity contribution in [2.45, 2.75) is 58.3 Å². The monoisotopic (exact) mass is 386 g/mol. The molecule has 4 heteroatoms. The molecule has 2 N–H and O–H groups in total. The van der Waals surface area contributed by atoms with Gasteiger partial charge < -0.3 is 5.73 Å². The summed E-state index contributed by atoms with van der Waals surface area (Å²) in [5.41, 5.74) is 13.8. The third-order valence-electron chi connectivity index (χ3n) is 5.97. The van der Waals surface area contributed by atoms with E-state index in [1.807, 2.05) is 36.5 Å². The maximum atomic E-state index is 6.20. The Morgan fingerprint density at radius 3 is 2.55 bits per heavy atom. The zero-order chi connectivity index (χ0) is 20.8. The summed E-state index contributed by atoms with van der Waals surface area (Å²) >= 11 is 0. The van der Waals surface area contributed by atoms with Crippen molar-refractivity contribution in [3.8, 4) is 11.3 Å². The van der Waals surface area contributed by atoms with E-state index in [-0.39, 0.29) is 10.8 Å². The van der Waals surface area contributed by atoms with Crippen molar-refractivity contribution in [3.63, 3.8) is 0 Å². The number of imidazole rings is 1. The molecule has 0 spiro atoms. The van der Waals surface area contributed by atoms with Crippen molar-refractivity contribution in [1.29, 1.82) is 0 Å². The molecule has 1 aromatic heterocycles. The van der Waals surface area contributed by atoms with Crippen molar-refractivity contribution >= 4 is 12.2 Å². The minimum Gasteiger partial charge on any atom is -0.368 e. The van der Waals surface area contributed by atoms with Gasteiger partial charge in [-0.2, -0.15) is 5.10 Å². The molecule has 150 valence electrons. The largest absolute Gasteiger partial charge is 0.368 e. The zero-order valence-electron chi connectivity index (χ0n) is 18.0. The van der Waals surface area contributed by atoms with Crippen LogP contribution in [0.3, 0.4) is 0 Å². The molecule has 3 aromatic rings. The van der Waals surface area contributed by atoms with E-state index in [4.69, 9.17) is 5.73 Å². The summed E-state index contributed by atoms with van der Waals surface area (Å²) in [7, 11) is 0. The lowest BCUT2D eigenvalue weighted by molar-refractivity contribution is 0.519. The first kappa shape index (κ1) is 19.4. The molecule has 1 aliphatic rings. The average molecular weight is 387 g/mol. The van der Waals surface area contributed by atoms with Crippen LogP contribution in [-0.4, -0.2) is 15.9 Å². The van der Waals surface area contributed by atoms with Crippen LogP contribution in [0.25, 0.3) is 11.3 Å². The second-order valence-electron chi connectivity index (χ2n) is 9.67. The van der Waals surface area contributed by atoms with Crippen LogP contribution in [0.4, 0.5) is 5.95 Å². The van der Waals surface area contributed by atoms with E-state index < -0.39 is 0 Å². The minimum absolute atomic E-state index is 0.0715. The summed E-state index contributed by atoms with van der Waals surface area (Å²) in [4.78, 5) is 4.67. The zero-order valence-corrected chi connectivity index (χ0v) is 18.0. The minimum atomic E-state index is 0.0715. The lowest BCUT2D eigenvalue weighted by Crippen LogP contribution is -2.16. The number of nitrogens with two attached hydrogens (primary N) is 1. The smallest absolute Gasteiger partial charge is 0.221 e. The molecule has 0 bridgehead atoms. The van der Waals surface area contributed by atoms with E-state index in [0.29, 0.717) is 5.95 Å². The van der Waals surface area contributed by atoms with Crippen molar-refractivity contribution in [1.82, 2.24) is 9.66 Å². The van der Waals surface area contributed by atoms with Gasteiger partial charge in [0.1, 0.15) is 0 Å². The van der Waals surface area contributed by atoms with Crippen LogP contribution in [0.2, 0.25) is 0 Å². The highest BCUT2D eigenvalue weighted by Gasteiger charge is 2.33. The summed E-state index contributed by atoms with van der Waals surface area (Å²) in [5, 5.41) is 4.52. The van der Waals surface area contributed by atoms with Gasteiger partial charge in [0.05, 0.1) is 18.1 Å². The molecular weight excluding hydrogens is 356 g/mol. The number of fused-ring (bicyclic) bond motifs is 1. The number of rotatable bonds is 3. The summed E-state index contributed by atoms with van der Waals surface area (Å²) in [6.07, 6.45) is 5.98. The van der Waals surface area contributed by atoms with Gasteiger partial charge in [0.25, 0.3) is 0 Å². The van der Waals surface area contributed by atoms with E-state index in [1.165, 1.54) is 22.3 Å². The van der Waals surface area contributed by atoms with Crippen LogP contribution in [0.1, 0.15) is 63.3 Å². The van der Waals surface area contributed by atoms with E-state index in [9.17, 15) is 0 Å². The van der Waals surface area contributed by atoms with Gasteiger partial charge in [0, 0.05) is 5.56 Å². The van der Waals surface area contributed by atoms with Crippen LogP contribution in [-0.2, 0) is 17.3 Å². The normalized spacial score (nSPS) is 15.8. The Balaban J connectivity index is 1.80. The third kappa shape index (κ3) is 3.71. The van der Waals surface area contributed by atoms with Crippen LogP contribution in [0.15, 0.2) is 53.8 Å². The summed E-state index contributed by atoms with van der Waals surface area (Å²) in [6, 6.07) is 14.7. The Kier molecular flexibility index (Phi) is 4.60. The Bertz CT molecular complexity index is 1070. The van der Waals surface area contributed by atoms with Gasteiger partial charge in [0.15, 0.2) is 0 Å². The van der Waals surface area contributed by atoms with Crippen LogP contribution >= 0.6 is 0 Å². The molecule has 4 nitrogen and oxygen atoms in total. The standard InChI is InChI=1S/C25H30N4/c1-24(2,3)18-13-20(19-11-12-25(4,5)21(19)14-18)22-16-29(23(26)28-22)27-15-17-9-7-6-8-10-17/h6-10,13-16H,11-12H2,1-5H3,(H2,26,28).